The van der Waals surface area contributed by atoms with Crippen molar-refractivity contribution < 1.29 is 0 Å². The minimum absolute atomic E-state index is 0.0455. The molecule has 106 valence electrons. The van der Waals surface area contributed by atoms with Gasteiger partial charge in [0.2, 0.25) is 0 Å². The first kappa shape index (κ1) is 14.0. The number of thioether (sulfide) groups is 1. The second-order valence-electron chi connectivity index (χ2n) is 5.90. The predicted octanol–water partition coefficient (Wildman–Crippen LogP) is 4.27. The molecular formula is C16H19NOS2. The van der Waals surface area contributed by atoms with E-state index >= 15 is 0 Å². The average molecular weight is 305 g/mol. The lowest BCUT2D eigenvalue weighted by molar-refractivity contribution is 0.431. The molecule has 0 atom stereocenters. The van der Waals surface area contributed by atoms with Gasteiger partial charge in [0, 0.05) is 15.3 Å². The molecule has 4 heteroatoms. The largest absolute Gasteiger partial charge is 0.268 e. The molecule has 2 aromatic rings. The van der Waals surface area contributed by atoms with Crippen molar-refractivity contribution in [3.63, 3.8) is 0 Å². The summed E-state index contributed by atoms with van der Waals surface area (Å²) < 4.78 is 1.93. The smallest absolute Gasteiger partial charge is 0.265 e. The van der Waals surface area contributed by atoms with Gasteiger partial charge in [-0.2, -0.15) is 0 Å². The normalized spacial score (nSPS) is 16.9. The maximum absolute atomic E-state index is 12.6. The lowest BCUT2D eigenvalue weighted by Gasteiger charge is -2.28. The zero-order valence-corrected chi connectivity index (χ0v) is 13.5. The third-order valence-corrected chi connectivity index (χ3v) is 6.21. The number of hydrogen-bond donors (Lipinski definition) is 0. The fourth-order valence-corrected chi connectivity index (χ4v) is 5.09. The molecule has 0 saturated heterocycles. The van der Waals surface area contributed by atoms with Gasteiger partial charge in [-0.1, -0.05) is 43.6 Å². The highest BCUT2D eigenvalue weighted by Gasteiger charge is 2.33. The van der Waals surface area contributed by atoms with Gasteiger partial charge in [-0.05, 0) is 36.8 Å². The van der Waals surface area contributed by atoms with E-state index in [1.165, 1.54) is 16.2 Å². The minimum Gasteiger partial charge on any atom is -0.268 e. The zero-order chi connectivity index (χ0) is 14.2. The highest BCUT2D eigenvalue weighted by atomic mass is 32.2. The molecule has 1 aliphatic carbocycles. The topological polar surface area (TPSA) is 22.0 Å². The molecule has 20 heavy (non-hydrogen) atoms. The summed E-state index contributed by atoms with van der Waals surface area (Å²) in [5, 5.41) is 0. The molecule has 1 heterocycles. The summed E-state index contributed by atoms with van der Waals surface area (Å²) in [7, 11) is 0. The standard InChI is InChI=1S/C16H19NOS2/c1-16(2)10-6-9-13-14(16)15(18)17(20-13)11-19-12-7-4-3-5-8-12/h3-5,7-8H,6,9-11H2,1-2H3. The van der Waals surface area contributed by atoms with E-state index in [0.29, 0.717) is 0 Å². The van der Waals surface area contributed by atoms with E-state index in [0.717, 1.165) is 24.3 Å². The third-order valence-electron chi connectivity index (χ3n) is 3.91. The minimum atomic E-state index is 0.0455. The van der Waals surface area contributed by atoms with E-state index in [2.05, 4.69) is 26.0 Å². The maximum atomic E-state index is 12.6. The summed E-state index contributed by atoms with van der Waals surface area (Å²) in [6.07, 6.45) is 3.39. The van der Waals surface area contributed by atoms with Crippen LogP contribution in [0.15, 0.2) is 40.0 Å². The maximum Gasteiger partial charge on any atom is 0.265 e. The van der Waals surface area contributed by atoms with Crippen LogP contribution in [0, 0.1) is 0 Å². The van der Waals surface area contributed by atoms with Crippen LogP contribution in [0.5, 0.6) is 0 Å². The van der Waals surface area contributed by atoms with Crippen LogP contribution in [-0.2, 0) is 17.7 Å². The number of aryl methyl sites for hydroxylation is 1. The van der Waals surface area contributed by atoms with Gasteiger partial charge in [0.1, 0.15) is 0 Å². The first-order valence-corrected chi connectivity index (χ1v) is 8.75. The lowest BCUT2D eigenvalue weighted by Crippen LogP contribution is -2.30. The fraction of sp³-hybridized carbons (Fsp3) is 0.438. The summed E-state index contributed by atoms with van der Waals surface area (Å²) in [4.78, 5) is 15.1. The van der Waals surface area contributed by atoms with E-state index in [4.69, 9.17) is 0 Å². The average Bonchev–Trinajstić information content (AvgIpc) is 2.75. The van der Waals surface area contributed by atoms with Crippen molar-refractivity contribution in [3.8, 4) is 0 Å². The van der Waals surface area contributed by atoms with E-state index < -0.39 is 0 Å². The molecule has 0 spiro atoms. The van der Waals surface area contributed by atoms with Crippen molar-refractivity contribution >= 4 is 23.3 Å². The second-order valence-corrected chi connectivity index (χ2v) is 8.03. The van der Waals surface area contributed by atoms with Crippen LogP contribution in [0.3, 0.4) is 0 Å². The number of aromatic nitrogens is 1. The van der Waals surface area contributed by atoms with Crippen molar-refractivity contribution in [1.29, 1.82) is 0 Å². The van der Waals surface area contributed by atoms with Crippen molar-refractivity contribution in [1.82, 2.24) is 3.96 Å². The Labute approximate surface area is 128 Å². The molecule has 0 radical (unpaired) electrons. The summed E-state index contributed by atoms with van der Waals surface area (Å²) in [5.41, 5.74) is 1.35. The van der Waals surface area contributed by atoms with Gasteiger partial charge in [0.15, 0.2) is 0 Å². The van der Waals surface area contributed by atoms with E-state index in [-0.39, 0.29) is 11.0 Å². The molecule has 2 nitrogen and oxygen atoms in total. The Morgan fingerprint density at radius 3 is 2.75 bits per heavy atom. The van der Waals surface area contributed by atoms with E-state index in [1.807, 2.05) is 22.2 Å². The molecule has 0 fully saturated rings. The van der Waals surface area contributed by atoms with Crippen LogP contribution in [0.2, 0.25) is 0 Å². The zero-order valence-electron chi connectivity index (χ0n) is 11.9. The molecule has 1 aliphatic rings. The van der Waals surface area contributed by atoms with Crippen LogP contribution < -0.4 is 5.56 Å². The summed E-state index contributed by atoms with van der Waals surface area (Å²) in [6.45, 7) is 4.40. The first-order chi connectivity index (χ1) is 9.58. The lowest BCUT2D eigenvalue weighted by atomic mass is 9.76. The van der Waals surface area contributed by atoms with Gasteiger partial charge >= 0.3 is 0 Å². The number of rotatable bonds is 3. The summed E-state index contributed by atoms with van der Waals surface area (Å²) in [6, 6.07) is 10.3. The fourth-order valence-electron chi connectivity index (χ4n) is 2.85. The van der Waals surface area contributed by atoms with Crippen LogP contribution in [0.4, 0.5) is 0 Å². The number of fused-ring (bicyclic) bond motifs is 1. The quantitative estimate of drug-likeness (QED) is 0.790. The van der Waals surface area contributed by atoms with Gasteiger partial charge in [-0.25, -0.2) is 0 Å². The van der Waals surface area contributed by atoms with Crippen molar-refractivity contribution in [2.75, 3.05) is 0 Å². The van der Waals surface area contributed by atoms with Crippen LogP contribution in [0.1, 0.15) is 37.1 Å². The SMILES string of the molecule is CC1(C)CCCc2sn(CSc3ccccc3)c(=O)c21. The van der Waals surface area contributed by atoms with E-state index in [9.17, 15) is 4.79 Å². The van der Waals surface area contributed by atoms with Crippen LogP contribution in [-0.4, -0.2) is 3.96 Å². The Balaban J connectivity index is 1.86. The highest BCUT2D eigenvalue weighted by Crippen LogP contribution is 2.37. The molecule has 0 amide bonds. The van der Waals surface area contributed by atoms with Gasteiger partial charge in [-0.3, -0.25) is 8.75 Å². The molecule has 0 saturated carbocycles. The Bertz CT molecular complexity index is 655. The number of nitrogens with zero attached hydrogens (tertiary/aromatic N) is 1. The van der Waals surface area contributed by atoms with Gasteiger partial charge in [0.05, 0.1) is 5.88 Å². The van der Waals surface area contributed by atoms with Crippen molar-refractivity contribution in [2.45, 2.75) is 49.3 Å². The first-order valence-electron chi connectivity index (χ1n) is 6.99. The summed E-state index contributed by atoms with van der Waals surface area (Å²) >= 11 is 3.39. The third kappa shape index (κ3) is 2.59. The molecule has 1 aromatic carbocycles. The molecule has 3 rings (SSSR count). The predicted molar refractivity (Wildman–Crippen MR) is 86.8 cm³/mol. The van der Waals surface area contributed by atoms with Crippen LogP contribution >= 0.6 is 23.3 Å². The second kappa shape index (κ2) is 5.41. The molecule has 1 aromatic heterocycles. The Morgan fingerprint density at radius 2 is 2.05 bits per heavy atom. The molecule has 0 N–H and O–H groups in total. The monoisotopic (exact) mass is 305 g/mol. The Morgan fingerprint density at radius 1 is 1.30 bits per heavy atom. The molecule has 0 unspecified atom stereocenters. The van der Waals surface area contributed by atoms with Gasteiger partial charge in [-0.15, -0.1) is 11.8 Å². The molecule has 0 aliphatic heterocycles. The molecular weight excluding hydrogens is 286 g/mol. The number of hydrogen-bond acceptors (Lipinski definition) is 3. The number of benzene rings is 1. The Hall–Kier alpha value is -1.00. The van der Waals surface area contributed by atoms with Crippen LogP contribution in [0.25, 0.3) is 0 Å². The summed E-state index contributed by atoms with van der Waals surface area (Å²) in [5.74, 6) is 0.719. The van der Waals surface area contributed by atoms with Crippen molar-refractivity contribution in [2.24, 2.45) is 0 Å². The highest BCUT2D eigenvalue weighted by molar-refractivity contribution is 7.98. The molecule has 0 bridgehead atoms. The van der Waals surface area contributed by atoms with Crippen molar-refractivity contribution in [3.05, 3.63) is 51.1 Å². The Kier molecular flexibility index (Phi) is 3.78. The van der Waals surface area contributed by atoms with E-state index in [1.54, 1.807) is 23.3 Å². The van der Waals surface area contributed by atoms with Gasteiger partial charge < -0.3 is 0 Å². The van der Waals surface area contributed by atoms with Gasteiger partial charge in [0.25, 0.3) is 5.56 Å².